The van der Waals surface area contributed by atoms with Crippen LogP contribution in [0.3, 0.4) is 0 Å². The second kappa shape index (κ2) is 17.1. The maximum Gasteiger partial charge on any atom is 0.113 e. The number of rotatable bonds is 8. The average Bonchev–Trinajstić information content (AvgIpc) is 3.52. The summed E-state index contributed by atoms with van der Waals surface area (Å²) in [5.41, 5.74) is 6.16. The molecule has 6 heteroatoms. The van der Waals surface area contributed by atoms with Gasteiger partial charge in [0, 0.05) is 43.4 Å². The fraction of sp³-hybridized carbons (Fsp3) is 0.283. The molecule has 0 bridgehead atoms. The van der Waals surface area contributed by atoms with Crippen LogP contribution in [0.4, 0.5) is 0 Å². The van der Waals surface area contributed by atoms with Crippen molar-refractivity contribution in [3.63, 3.8) is 0 Å². The van der Waals surface area contributed by atoms with Crippen LogP contribution < -0.4 is 4.40 Å². The first kappa shape index (κ1) is 34.3. The van der Waals surface area contributed by atoms with Crippen LogP contribution in [-0.2, 0) is 39.3 Å². The van der Waals surface area contributed by atoms with E-state index in [1.54, 1.807) is 52.4 Å². The van der Waals surface area contributed by atoms with Crippen molar-refractivity contribution in [2.75, 3.05) is 0 Å². The molecule has 52 heavy (non-hydrogen) atoms. The third kappa shape index (κ3) is 10.3. The maximum absolute atomic E-state index is 8.73. The van der Waals surface area contributed by atoms with Crippen LogP contribution in [0.1, 0.15) is 62.4 Å². The smallest absolute Gasteiger partial charge is 0.113 e. The quantitative estimate of drug-likeness (QED) is 0.113. The molecule has 0 saturated carbocycles. The van der Waals surface area contributed by atoms with E-state index in [0.29, 0.717) is 28.3 Å². The largest absolute Gasteiger partial charge is 0.305 e. The summed E-state index contributed by atoms with van der Waals surface area (Å²) in [5.74, 6) is 7.99. The van der Waals surface area contributed by atoms with E-state index in [2.05, 4.69) is 71.5 Å². The summed E-state index contributed by atoms with van der Waals surface area (Å²) in [4.78, 5) is 14.6. The molecule has 0 N–H and O–H groups in total. The molecule has 7 rings (SSSR count). The summed E-state index contributed by atoms with van der Waals surface area (Å²) < 4.78 is 37.3. The Bertz CT molecular complexity index is 2420. The predicted octanol–water partition coefficient (Wildman–Crippen LogP) is 11.8. The summed E-state index contributed by atoms with van der Waals surface area (Å²) in [7, 11) is 0. The Morgan fingerprint density at radius 2 is 1.52 bits per heavy atom. The van der Waals surface area contributed by atoms with Crippen LogP contribution in [-0.4, -0.2) is 28.2 Å². The van der Waals surface area contributed by atoms with Crippen LogP contribution in [0.2, 0.25) is 17.3 Å². The maximum atomic E-state index is 8.73. The van der Waals surface area contributed by atoms with Crippen LogP contribution >= 0.6 is 11.3 Å². The Kier molecular flexibility index (Phi) is 11.3. The molecule has 0 saturated heterocycles. The molecule has 0 aliphatic carbocycles. The van der Waals surface area contributed by atoms with Gasteiger partial charge < -0.3 is 4.98 Å². The van der Waals surface area contributed by atoms with Gasteiger partial charge in [-0.25, -0.2) is 4.98 Å². The molecule has 4 aromatic heterocycles. The number of aromatic nitrogens is 3. The van der Waals surface area contributed by atoms with E-state index < -0.39 is 31.4 Å². The number of hydrogen-bond donors (Lipinski definition) is 0. The topological polar surface area (TPSA) is 38.7 Å². The van der Waals surface area contributed by atoms with Crippen molar-refractivity contribution >= 4 is 49.3 Å². The Balaban J connectivity index is 0.000000244. The normalized spacial score (nSPS) is 13.4. The van der Waals surface area contributed by atoms with Gasteiger partial charge in [-0.1, -0.05) is 68.1 Å². The summed E-state index contributed by atoms with van der Waals surface area (Å²) >= 11 is -0.312. The molecule has 0 amide bonds. The first-order chi connectivity index (χ1) is 25.9. The van der Waals surface area contributed by atoms with Crippen molar-refractivity contribution in [1.82, 2.24) is 15.0 Å². The van der Waals surface area contributed by atoms with Gasteiger partial charge in [-0.3, -0.25) is 0 Å². The monoisotopic (exact) mass is 946 g/mol. The number of hydrogen-bond acceptors (Lipinski definition) is 4. The van der Waals surface area contributed by atoms with Crippen molar-refractivity contribution in [3.8, 4) is 22.5 Å². The summed E-state index contributed by atoms with van der Waals surface area (Å²) in [6.45, 7) is 10.2. The zero-order valence-electron chi connectivity index (χ0n) is 35.3. The second-order valence-electron chi connectivity index (χ2n) is 15.5. The van der Waals surface area contributed by atoms with Crippen LogP contribution in [0.25, 0.3) is 42.8 Å². The van der Waals surface area contributed by atoms with E-state index in [1.165, 1.54) is 5.56 Å². The zero-order chi connectivity index (χ0) is 39.8. The van der Waals surface area contributed by atoms with Crippen molar-refractivity contribution in [1.29, 1.82) is 0 Å². The third-order valence-corrected chi connectivity index (χ3v) is 13.7. The van der Waals surface area contributed by atoms with E-state index in [-0.39, 0.29) is 20.1 Å². The molecule has 0 atom stereocenters. The minimum absolute atomic E-state index is 0. The Hall–Kier alpha value is -3.48. The summed E-state index contributed by atoms with van der Waals surface area (Å²) in [6, 6.07) is 35.4. The van der Waals surface area contributed by atoms with E-state index in [1.807, 2.05) is 75.4 Å². The fourth-order valence-electron chi connectivity index (χ4n) is 6.08. The van der Waals surface area contributed by atoms with Crippen LogP contribution in [0, 0.1) is 23.5 Å². The van der Waals surface area contributed by atoms with Crippen molar-refractivity contribution in [2.24, 2.45) is 11.3 Å². The van der Waals surface area contributed by atoms with E-state index in [9.17, 15) is 0 Å². The molecule has 3 aromatic carbocycles. The molecular formula is C46H49GeIrN3S-2. The zero-order valence-corrected chi connectivity index (χ0v) is 36.6. The Morgan fingerprint density at radius 1 is 0.769 bits per heavy atom. The number of thiophene rings is 1. The summed E-state index contributed by atoms with van der Waals surface area (Å²) in [6.07, 6.45) is 3.34. The first-order valence-corrected chi connectivity index (χ1v) is 25.8. The van der Waals surface area contributed by atoms with Gasteiger partial charge in [-0.05, 0) is 51.8 Å². The second-order valence-corrected chi connectivity index (χ2v) is 27.1. The van der Waals surface area contributed by atoms with Gasteiger partial charge in [0.15, 0.2) is 0 Å². The molecule has 0 aliphatic rings. The van der Waals surface area contributed by atoms with Gasteiger partial charge in [0.25, 0.3) is 0 Å². The molecule has 4 heterocycles. The van der Waals surface area contributed by atoms with Gasteiger partial charge in [0.1, 0.15) is 4.83 Å². The molecule has 0 aliphatic heterocycles. The van der Waals surface area contributed by atoms with Crippen LogP contribution in [0.5, 0.6) is 0 Å². The molecule has 0 spiro atoms. The number of fused-ring (bicyclic) bond motifs is 3. The number of benzene rings is 3. The first-order valence-electron chi connectivity index (χ1n) is 19.6. The molecule has 269 valence electrons. The fourth-order valence-corrected chi connectivity index (χ4v) is 10.4. The van der Waals surface area contributed by atoms with Crippen molar-refractivity contribution < 1.29 is 25.6 Å². The predicted molar refractivity (Wildman–Crippen MR) is 222 cm³/mol. The van der Waals surface area contributed by atoms with Crippen molar-refractivity contribution in [3.05, 3.63) is 144 Å². The minimum atomic E-state index is -1.86. The van der Waals surface area contributed by atoms with E-state index in [4.69, 9.17) is 10.5 Å². The van der Waals surface area contributed by atoms with Crippen LogP contribution in [0.15, 0.2) is 110 Å². The third-order valence-electron chi connectivity index (χ3n) is 8.29. The van der Waals surface area contributed by atoms with Gasteiger partial charge in [-0.2, -0.15) is 11.3 Å². The van der Waals surface area contributed by atoms with E-state index in [0.717, 1.165) is 43.5 Å². The van der Waals surface area contributed by atoms with Gasteiger partial charge in [0.05, 0.1) is 0 Å². The molecule has 3 nitrogen and oxygen atoms in total. The Morgan fingerprint density at radius 3 is 2.21 bits per heavy atom. The van der Waals surface area contributed by atoms with Gasteiger partial charge in [-0.15, -0.1) is 23.8 Å². The molecule has 0 unspecified atom stereocenters. The summed E-state index contributed by atoms with van der Waals surface area (Å²) in [5, 5.41) is 1.85. The van der Waals surface area contributed by atoms with Gasteiger partial charge >= 0.3 is 126 Å². The standard InChI is InChI=1S/C28H25N2S.C18H24GeN.Ir/c1-28(2,3)17-20-11-12-29-25(15-20)22-9-10-26-23(16-22)24-14-21(18-30-27(24)31-26)13-19-7-5-4-6-8-19;1-14(2)11-16-12-18(15-9-7-6-8-10-15)20-13-17(16)19(3,4)5;/h4-8,10-12,14-16,18H,13,17H2,1-3H3;6-9,12-14H,11H2,1-5H3;/q2*-1;/i13D2,17D2;;. The van der Waals surface area contributed by atoms with E-state index >= 15 is 0 Å². The molecule has 1 radical (unpaired) electrons. The molecule has 0 fully saturated rings. The minimum Gasteiger partial charge on any atom is -0.305 e. The Labute approximate surface area is 336 Å². The SMILES string of the molecule is CC(C)Cc1cc(-c2[c-]cccc2)nc[c]1[Ge]([CH3])([CH3])[CH3].[2H]C([2H])(c1ccccc1)c1cnc2sc3c[c-]c(-c4cc(C([2H])([2H])C(C)(C)C)ccn4)cc3c2c1.[Ir]. The number of nitrogens with zero attached hydrogens (tertiary/aromatic N) is 3. The molecule has 7 aromatic rings. The molecular weight excluding hydrogens is 891 g/mol. The average molecular weight is 945 g/mol. The van der Waals surface area contributed by atoms with Crippen molar-refractivity contribution in [2.45, 2.75) is 71.1 Å². The van der Waals surface area contributed by atoms with Gasteiger partial charge in [0.2, 0.25) is 0 Å². The number of pyridine rings is 3.